The molecule has 222 valence electrons. The predicted molar refractivity (Wildman–Crippen MR) is 151 cm³/mol. The topological polar surface area (TPSA) is 128 Å². The average molecular weight is 611 g/mol. The van der Waals surface area contributed by atoms with Gasteiger partial charge in [-0.15, -0.1) is 0 Å². The highest BCUT2D eigenvalue weighted by Crippen LogP contribution is 2.47. The van der Waals surface area contributed by atoms with Crippen LogP contribution in [0.1, 0.15) is 55.6 Å². The van der Waals surface area contributed by atoms with Gasteiger partial charge in [-0.2, -0.15) is 5.26 Å². The quantitative estimate of drug-likeness (QED) is 0.382. The van der Waals surface area contributed by atoms with Crippen molar-refractivity contribution in [1.29, 1.82) is 5.26 Å². The van der Waals surface area contributed by atoms with Gasteiger partial charge in [0.25, 0.3) is 5.91 Å². The van der Waals surface area contributed by atoms with Crippen molar-refractivity contribution in [3.63, 3.8) is 0 Å². The highest BCUT2D eigenvalue weighted by molar-refractivity contribution is 6.32. The lowest BCUT2D eigenvalue weighted by Crippen LogP contribution is -2.62. The minimum absolute atomic E-state index is 0.0105. The second kappa shape index (κ2) is 12.0. The Bertz CT molecular complexity index is 1610. The van der Waals surface area contributed by atoms with E-state index in [0.29, 0.717) is 0 Å². The van der Waals surface area contributed by atoms with Crippen LogP contribution in [-0.4, -0.2) is 45.2 Å². The standard InChI is InChI=1S/C30H26ClF3N6O3/c31-23-4-2-1-3-22(23)26(27(42)38-20-5-9-29(33,34)10-6-20)30(28(43)39-21-14-19(32)16-36-17-21)11-7-25(41)40(30)24-13-18(15-35)8-12-37-24/h1-4,8,12-14,16-17,20,26H,5-7,9-11H2,(H,38,42)(H,39,43)/t26-,30?/m1/s1. The Labute approximate surface area is 250 Å². The van der Waals surface area contributed by atoms with Crippen LogP contribution in [0.3, 0.4) is 0 Å². The molecule has 0 radical (unpaired) electrons. The smallest absolute Gasteiger partial charge is 0.252 e. The first-order valence-electron chi connectivity index (χ1n) is 13.6. The summed E-state index contributed by atoms with van der Waals surface area (Å²) in [6, 6.07) is 11.4. The summed E-state index contributed by atoms with van der Waals surface area (Å²) >= 11 is 6.61. The number of rotatable bonds is 7. The monoisotopic (exact) mass is 610 g/mol. The van der Waals surface area contributed by atoms with Gasteiger partial charge in [-0.25, -0.2) is 18.2 Å². The van der Waals surface area contributed by atoms with E-state index < -0.39 is 59.8 Å². The number of carbonyl (C=O) groups excluding carboxylic acids is 3. The van der Waals surface area contributed by atoms with Gasteiger partial charge in [-0.05, 0) is 43.0 Å². The minimum atomic E-state index is -2.84. The van der Waals surface area contributed by atoms with Crippen LogP contribution in [0.5, 0.6) is 0 Å². The number of halogens is 4. The number of anilines is 2. The van der Waals surface area contributed by atoms with Gasteiger partial charge < -0.3 is 10.6 Å². The van der Waals surface area contributed by atoms with Gasteiger partial charge in [0.2, 0.25) is 17.7 Å². The molecule has 2 N–H and O–H groups in total. The van der Waals surface area contributed by atoms with E-state index in [1.54, 1.807) is 18.2 Å². The molecular formula is C30H26ClF3N6O3. The number of nitriles is 1. The molecule has 5 rings (SSSR count). The average Bonchev–Trinajstić information content (AvgIpc) is 3.32. The summed E-state index contributed by atoms with van der Waals surface area (Å²) in [4.78, 5) is 51.5. The normalized spacial score (nSPS) is 20.7. The lowest BCUT2D eigenvalue weighted by Gasteiger charge is -2.42. The number of carbonyl (C=O) groups is 3. The van der Waals surface area contributed by atoms with E-state index in [2.05, 4.69) is 20.6 Å². The molecule has 3 amide bonds. The van der Waals surface area contributed by atoms with Crippen LogP contribution < -0.4 is 15.5 Å². The molecule has 2 atom stereocenters. The van der Waals surface area contributed by atoms with E-state index in [0.717, 1.165) is 17.2 Å². The third-order valence-corrected chi connectivity index (χ3v) is 8.19. The zero-order valence-corrected chi connectivity index (χ0v) is 23.5. The Morgan fingerprint density at radius 3 is 2.56 bits per heavy atom. The van der Waals surface area contributed by atoms with Gasteiger partial charge >= 0.3 is 0 Å². The fourth-order valence-corrected chi connectivity index (χ4v) is 6.06. The first-order chi connectivity index (χ1) is 20.5. The molecule has 1 unspecified atom stereocenters. The van der Waals surface area contributed by atoms with Crippen molar-refractivity contribution < 1.29 is 27.6 Å². The molecule has 2 aliphatic rings. The van der Waals surface area contributed by atoms with Crippen molar-refractivity contribution in [3.8, 4) is 6.07 Å². The molecule has 0 bridgehead atoms. The number of pyridine rings is 2. The summed E-state index contributed by atoms with van der Waals surface area (Å²) in [6.07, 6.45) is 2.27. The Kier molecular flexibility index (Phi) is 8.37. The molecule has 1 saturated heterocycles. The molecule has 43 heavy (non-hydrogen) atoms. The van der Waals surface area contributed by atoms with Crippen molar-refractivity contribution in [2.45, 2.75) is 61.9 Å². The molecule has 2 fully saturated rings. The van der Waals surface area contributed by atoms with Crippen LogP contribution in [0.15, 0.2) is 61.1 Å². The third-order valence-electron chi connectivity index (χ3n) is 7.85. The number of aromatic nitrogens is 2. The largest absolute Gasteiger partial charge is 0.353 e. The fourth-order valence-electron chi connectivity index (χ4n) is 5.82. The molecule has 0 spiro atoms. The number of nitrogens with zero attached hydrogens (tertiary/aromatic N) is 4. The molecule has 2 aromatic heterocycles. The van der Waals surface area contributed by atoms with E-state index in [-0.39, 0.29) is 53.3 Å². The van der Waals surface area contributed by atoms with E-state index in [4.69, 9.17) is 11.6 Å². The maximum atomic E-state index is 14.5. The fraction of sp³-hybridized carbons (Fsp3) is 0.333. The van der Waals surface area contributed by atoms with E-state index in [9.17, 15) is 32.8 Å². The Morgan fingerprint density at radius 2 is 1.86 bits per heavy atom. The molecule has 3 heterocycles. The van der Waals surface area contributed by atoms with Gasteiger partial charge in [0.15, 0.2) is 0 Å². The predicted octanol–water partition coefficient (Wildman–Crippen LogP) is 5.12. The number of benzene rings is 1. The molecule has 1 saturated carbocycles. The Morgan fingerprint density at radius 1 is 1.12 bits per heavy atom. The van der Waals surface area contributed by atoms with Gasteiger partial charge in [-0.3, -0.25) is 24.3 Å². The number of hydrogen-bond donors (Lipinski definition) is 2. The van der Waals surface area contributed by atoms with E-state index in [1.165, 1.54) is 30.6 Å². The molecule has 1 aliphatic carbocycles. The van der Waals surface area contributed by atoms with Crippen LogP contribution in [0.25, 0.3) is 0 Å². The summed E-state index contributed by atoms with van der Waals surface area (Å²) < 4.78 is 41.8. The molecule has 1 aliphatic heterocycles. The zero-order valence-electron chi connectivity index (χ0n) is 22.7. The van der Waals surface area contributed by atoms with Gasteiger partial charge in [0.05, 0.1) is 35.6 Å². The van der Waals surface area contributed by atoms with E-state index in [1.807, 2.05) is 6.07 Å². The van der Waals surface area contributed by atoms with E-state index >= 15 is 0 Å². The van der Waals surface area contributed by atoms with Crippen molar-refractivity contribution in [1.82, 2.24) is 15.3 Å². The number of amides is 3. The van der Waals surface area contributed by atoms with Crippen molar-refractivity contribution in [3.05, 3.63) is 83.0 Å². The Hall–Kier alpha value is -4.50. The molecule has 3 aromatic rings. The van der Waals surface area contributed by atoms with Crippen molar-refractivity contribution >= 4 is 40.8 Å². The van der Waals surface area contributed by atoms with Gasteiger partial charge in [0.1, 0.15) is 17.2 Å². The van der Waals surface area contributed by atoms with Crippen molar-refractivity contribution in [2.24, 2.45) is 0 Å². The lowest BCUT2D eigenvalue weighted by molar-refractivity contribution is -0.132. The second-order valence-corrected chi connectivity index (χ2v) is 11.0. The number of alkyl halides is 2. The lowest BCUT2D eigenvalue weighted by atomic mass is 9.75. The molecular weight excluding hydrogens is 585 g/mol. The SMILES string of the molecule is N#Cc1ccnc(N2C(=O)CCC2(C(=O)Nc2cncc(F)c2)[C@@H](C(=O)NC2CCC(F)(F)CC2)c2ccccc2Cl)c1. The summed E-state index contributed by atoms with van der Waals surface area (Å²) in [7, 11) is 0. The van der Waals surface area contributed by atoms with Crippen LogP contribution in [0.2, 0.25) is 5.02 Å². The maximum absolute atomic E-state index is 14.5. The summed E-state index contributed by atoms with van der Waals surface area (Å²) in [5, 5.41) is 15.1. The van der Waals surface area contributed by atoms with Crippen LogP contribution >= 0.6 is 11.6 Å². The molecule has 9 nitrogen and oxygen atoms in total. The molecule has 13 heteroatoms. The van der Waals surface area contributed by atoms with Crippen LogP contribution in [-0.2, 0) is 14.4 Å². The summed E-state index contributed by atoms with van der Waals surface area (Å²) in [6.45, 7) is 0. The second-order valence-electron chi connectivity index (χ2n) is 10.6. The Balaban J connectivity index is 1.67. The number of nitrogens with one attached hydrogen (secondary N) is 2. The van der Waals surface area contributed by atoms with Crippen LogP contribution in [0, 0.1) is 17.1 Å². The third kappa shape index (κ3) is 6.03. The van der Waals surface area contributed by atoms with Gasteiger partial charge in [0, 0.05) is 42.6 Å². The summed E-state index contributed by atoms with van der Waals surface area (Å²) in [5.41, 5.74) is -1.71. The first-order valence-corrected chi connectivity index (χ1v) is 14.0. The first kappa shape index (κ1) is 30.0. The highest BCUT2D eigenvalue weighted by atomic mass is 35.5. The highest BCUT2D eigenvalue weighted by Gasteiger charge is 2.60. The maximum Gasteiger partial charge on any atom is 0.252 e. The zero-order chi connectivity index (χ0) is 30.8. The van der Waals surface area contributed by atoms with Crippen molar-refractivity contribution in [2.75, 3.05) is 10.2 Å². The summed E-state index contributed by atoms with van der Waals surface area (Å²) in [5.74, 6) is -7.23. The minimum Gasteiger partial charge on any atom is -0.353 e. The number of hydrogen-bond acceptors (Lipinski definition) is 6. The van der Waals surface area contributed by atoms with Gasteiger partial charge in [-0.1, -0.05) is 29.8 Å². The van der Waals surface area contributed by atoms with Crippen LogP contribution in [0.4, 0.5) is 24.7 Å². The molecule has 1 aromatic carbocycles.